The Balaban J connectivity index is 1.84. The average Bonchev–Trinajstić information content (AvgIpc) is 2.96. The van der Waals surface area contributed by atoms with Crippen molar-refractivity contribution in [3.05, 3.63) is 42.1 Å². The van der Waals surface area contributed by atoms with Crippen LogP contribution in [0.5, 0.6) is 0 Å². The first-order chi connectivity index (χ1) is 9.79. The Labute approximate surface area is 120 Å². The van der Waals surface area contributed by atoms with E-state index in [2.05, 4.69) is 45.5 Å². The van der Waals surface area contributed by atoms with Crippen LogP contribution in [0.15, 0.2) is 30.7 Å². The first kappa shape index (κ1) is 13.3. The molecule has 106 valence electrons. The van der Waals surface area contributed by atoms with Gasteiger partial charge in [-0.3, -0.25) is 9.47 Å². The van der Waals surface area contributed by atoms with Crippen LogP contribution >= 0.6 is 0 Å². The van der Waals surface area contributed by atoms with Gasteiger partial charge in [0.15, 0.2) is 0 Å². The number of likely N-dealkylation sites (tertiary alicyclic amines) is 1. The summed E-state index contributed by atoms with van der Waals surface area (Å²) in [5, 5.41) is 0. The number of aromatic nitrogens is 3. The maximum atomic E-state index is 4.64. The van der Waals surface area contributed by atoms with E-state index in [0.717, 1.165) is 18.1 Å². The molecule has 4 nitrogen and oxygen atoms in total. The van der Waals surface area contributed by atoms with Crippen molar-refractivity contribution in [2.45, 2.75) is 38.6 Å². The molecule has 2 aromatic rings. The van der Waals surface area contributed by atoms with Gasteiger partial charge >= 0.3 is 0 Å². The fourth-order valence-corrected chi connectivity index (χ4v) is 3.04. The molecule has 1 saturated heterocycles. The molecule has 0 spiro atoms. The van der Waals surface area contributed by atoms with Gasteiger partial charge < -0.3 is 0 Å². The maximum absolute atomic E-state index is 4.64. The van der Waals surface area contributed by atoms with E-state index in [1.807, 2.05) is 18.6 Å². The molecule has 3 rings (SSSR count). The van der Waals surface area contributed by atoms with Gasteiger partial charge in [0.05, 0.1) is 0 Å². The van der Waals surface area contributed by atoms with Crippen molar-refractivity contribution in [1.82, 2.24) is 19.4 Å². The summed E-state index contributed by atoms with van der Waals surface area (Å²) in [6.07, 6.45) is 10.6. The molecule has 0 N–H and O–H groups in total. The third-order valence-corrected chi connectivity index (χ3v) is 4.21. The minimum Gasteiger partial charge on any atom is -0.299 e. The van der Waals surface area contributed by atoms with Crippen LogP contribution in [0.25, 0.3) is 5.82 Å². The van der Waals surface area contributed by atoms with E-state index in [4.69, 9.17) is 0 Å². The largest absolute Gasteiger partial charge is 0.299 e. The van der Waals surface area contributed by atoms with Crippen molar-refractivity contribution in [2.75, 3.05) is 13.6 Å². The van der Waals surface area contributed by atoms with Crippen molar-refractivity contribution in [3.8, 4) is 5.82 Å². The number of nitrogens with zero attached hydrogens (tertiary/aromatic N) is 4. The number of imidazole rings is 1. The lowest BCUT2D eigenvalue weighted by molar-refractivity contribution is 0.187. The van der Waals surface area contributed by atoms with Crippen LogP contribution in [0.1, 0.15) is 43.6 Å². The van der Waals surface area contributed by atoms with E-state index in [1.54, 1.807) is 0 Å². The Hall–Kier alpha value is -1.68. The summed E-state index contributed by atoms with van der Waals surface area (Å²) < 4.78 is 2.06. The lowest BCUT2D eigenvalue weighted by atomic mass is 9.97. The molecule has 1 atom stereocenters. The van der Waals surface area contributed by atoms with Gasteiger partial charge in [-0.1, -0.05) is 19.4 Å². The van der Waals surface area contributed by atoms with Gasteiger partial charge in [0.25, 0.3) is 0 Å². The van der Waals surface area contributed by atoms with Crippen LogP contribution in [0, 0.1) is 0 Å². The summed E-state index contributed by atoms with van der Waals surface area (Å²) in [6, 6.07) is 4.85. The maximum Gasteiger partial charge on any atom is 0.137 e. The molecule has 0 radical (unpaired) electrons. The fourth-order valence-electron chi connectivity index (χ4n) is 3.04. The standard InChI is InChI=1S/C16H22N4/c1-3-15-17-9-11-20(15)16-8-7-13(12-18-16)14-6-4-5-10-19(14)2/h7-9,11-12,14H,3-6,10H2,1-2H3. The second-order valence-corrected chi connectivity index (χ2v) is 5.51. The normalized spacial score (nSPS) is 20.2. The van der Waals surface area contributed by atoms with Gasteiger partial charge in [-0.15, -0.1) is 0 Å². The molecule has 0 aliphatic carbocycles. The van der Waals surface area contributed by atoms with Gasteiger partial charge in [0.2, 0.25) is 0 Å². The zero-order chi connectivity index (χ0) is 13.9. The molecule has 20 heavy (non-hydrogen) atoms. The highest BCUT2D eigenvalue weighted by atomic mass is 15.1. The summed E-state index contributed by atoms with van der Waals surface area (Å²) in [5.74, 6) is 2.02. The van der Waals surface area contributed by atoms with E-state index in [9.17, 15) is 0 Å². The quantitative estimate of drug-likeness (QED) is 0.860. The van der Waals surface area contributed by atoms with Crippen LogP contribution in [0.4, 0.5) is 0 Å². The fraction of sp³-hybridized carbons (Fsp3) is 0.500. The van der Waals surface area contributed by atoms with E-state index in [-0.39, 0.29) is 0 Å². The van der Waals surface area contributed by atoms with Crippen LogP contribution in [-0.2, 0) is 6.42 Å². The molecule has 0 bridgehead atoms. The SMILES string of the molecule is CCc1nccn1-c1ccc(C2CCCCN2C)cn1. The Bertz CT molecular complexity index is 558. The Morgan fingerprint density at radius 1 is 1.25 bits per heavy atom. The van der Waals surface area contributed by atoms with Crippen molar-refractivity contribution in [3.63, 3.8) is 0 Å². The van der Waals surface area contributed by atoms with Crippen LogP contribution in [0.2, 0.25) is 0 Å². The average molecular weight is 270 g/mol. The number of aryl methyl sites for hydroxylation is 1. The van der Waals surface area contributed by atoms with Crippen LogP contribution in [0.3, 0.4) is 0 Å². The predicted molar refractivity (Wildman–Crippen MR) is 80.0 cm³/mol. The molecule has 3 heterocycles. The monoisotopic (exact) mass is 270 g/mol. The Kier molecular flexibility index (Phi) is 3.83. The van der Waals surface area contributed by atoms with Gasteiger partial charge in [-0.2, -0.15) is 0 Å². The number of hydrogen-bond acceptors (Lipinski definition) is 3. The summed E-state index contributed by atoms with van der Waals surface area (Å²) in [7, 11) is 2.21. The highest BCUT2D eigenvalue weighted by Crippen LogP contribution is 2.29. The molecule has 4 heteroatoms. The molecular weight excluding hydrogens is 248 g/mol. The number of piperidine rings is 1. The minimum absolute atomic E-state index is 0.527. The van der Waals surface area contributed by atoms with Crippen molar-refractivity contribution < 1.29 is 0 Å². The van der Waals surface area contributed by atoms with Crippen molar-refractivity contribution in [2.24, 2.45) is 0 Å². The summed E-state index contributed by atoms with van der Waals surface area (Å²) in [6.45, 7) is 3.30. The topological polar surface area (TPSA) is 34.0 Å². The van der Waals surface area contributed by atoms with Gasteiger partial charge in [0.1, 0.15) is 11.6 Å². The van der Waals surface area contributed by atoms with Gasteiger partial charge in [0, 0.05) is 31.1 Å². The van der Waals surface area contributed by atoms with E-state index < -0.39 is 0 Å². The summed E-state index contributed by atoms with van der Waals surface area (Å²) >= 11 is 0. The highest BCUT2D eigenvalue weighted by molar-refractivity contribution is 5.28. The molecular formula is C16H22N4. The second kappa shape index (κ2) is 5.75. The minimum atomic E-state index is 0.527. The Morgan fingerprint density at radius 3 is 2.85 bits per heavy atom. The second-order valence-electron chi connectivity index (χ2n) is 5.51. The molecule has 1 aliphatic rings. The van der Waals surface area contributed by atoms with Gasteiger partial charge in [-0.05, 0) is 38.1 Å². The van der Waals surface area contributed by atoms with Crippen LogP contribution in [-0.4, -0.2) is 33.0 Å². The zero-order valence-electron chi connectivity index (χ0n) is 12.3. The van der Waals surface area contributed by atoms with Crippen molar-refractivity contribution >= 4 is 0 Å². The van der Waals surface area contributed by atoms with E-state index in [0.29, 0.717) is 6.04 Å². The summed E-state index contributed by atoms with van der Waals surface area (Å²) in [5.41, 5.74) is 1.33. The molecule has 0 aromatic carbocycles. The molecule has 1 aliphatic heterocycles. The number of hydrogen-bond donors (Lipinski definition) is 0. The summed E-state index contributed by atoms with van der Waals surface area (Å²) in [4.78, 5) is 11.4. The molecule has 1 fully saturated rings. The van der Waals surface area contributed by atoms with E-state index >= 15 is 0 Å². The van der Waals surface area contributed by atoms with Gasteiger partial charge in [-0.25, -0.2) is 9.97 Å². The lowest BCUT2D eigenvalue weighted by Gasteiger charge is -2.32. The third kappa shape index (κ3) is 2.48. The first-order valence-electron chi connectivity index (χ1n) is 7.48. The predicted octanol–water partition coefficient (Wildman–Crippen LogP) is 2.99. The smallest absolute Gasteiger partial charge is 0.137 e. The van der Waals surface area contributed by atoms with Crippen molar-refractivity contribution in [1.29, 1.82) is 0 Å². The third-order valence-electron chi connectivity index (χ3n) is 4.21. The Morgan fingerprint density at radius 2 is 2.15 bits per heavy atom. The first-order valence-corrected chi connectivity index (χ1v) is 7.48. The molecule has 0 saturated carbocycles. The number of pyridine rings is 1. The highest BCUT2D eigenvalue weighted by Gasteiger charge is 2.20. The van der Waals surface area contributed by atoms with Crippen LogP contribution < -0.4 is 0 Å². The lowest BCUT2D eigenvalue weighted by Crippen LogP contribution is -2.29. The molecule has 1 unspecified atom stereocenters. The molecule has 0 amide bonds. The zero-order valence-corrected chi connectivity index (χ0v) is 12.3. The van der Waals surface area contributed by atoms with E-state index in [1.165, 1.54) is 31.4 Å². The number of rotatable bonds is 3. The molecule has 2 aromatic heterocycles.